The molecule has 0 radical (unpaired) electrons. The summed E-state index contributed by atoms with van der Waals surface area (Å²) in [6, 6.07) is 18.8. The van der Waals surface area contributed by atoms with Crippen LogP contribution in [0.15, 0.2) is 70.0 Å². The van der Waals surface area contributed by atoms with Crippen LogP contribution in [0.2, 0.25) is 0 Å². The number of para-hydroxylation sites is 1. The van der Waals surface area contributed by atoms with Gasteiger partial charge >= 0.3 is 0 Å². The van der Waals surface area contributed by atoms with Crippen LogP contribution < -0.4 is 0 Å². The number of rotatable bonds is 5. The summed E-state index contributed by atoms with van der Waals surface area (Å²) in [7, 11) is 0. The summed E-state index contributed by atoms with van der Waals surface area (Å²) in [5.41, 5.74) is 4.36. The van der Waals surface area contributed by atoms with E-state index in [0.29, 0.717) is 10.5 Å². The highest BCUT2D eigenvalue weighted by atomic mass is 79.9. The molecule has 0 bridgehead atoms. The number of Topliss-reactive ketones (excluding diaryl/α,β-unsaturated/α-hetero) is 1. The molecule has 0 atom stereocenters. The summed E-state index contributed by atoms with van der Waals surface area (Å²) < 4.78 is 2.96. The average Bonchev–Trinajstić information content (AvgIpc) is 3.18. The zero-order chi connectivity index (χ0) is 22.1. The Labute approximate surface area is 192 Å². The number of imide groups is 1. The molecular weight excluding hydrogens is 476 g/mol. The molecule has 1 fully saturated rings. The Balaban J connectivity index is 1.58. The van der Waals surface area contributed by atoms with Crippen molar-refractivity contribution in [2.45, 2.75) is 13.8 Å². The first-order chi connectivity index (χ1) is 14.8. The van der Waals surface area contributed by atoms with E-state index in [1.165, 1.54) is 0 Å². The van der Waals surface area contributed by atoms with Crippen molar-refractivity contribution in [1.29, 1.82) is 0 Å². The first-order valence-corrected chi connectivity index (χ1v) is 11.2. The quantitative estimate of drug-likeness (QED) is 0.333. The van der Waals surface area contributed by atoms with Crippen molar-refractivity contribution in [1.82, 2.24) is 9.47 Å². The smallest absolute Gasteiger partial charge is 0.293 e. The fourth-order valence-corrected chi connectivity index (χ4v) is 4.65. The van der Waals surface area contributed by atoms with Crippen molar-refractivity contribution >= 4 is 50.7 Å². The van der Waals surface area contributed by atoms with Crippen LogP contribution in [0.25, 0.3) is 11.8 Å². The average molecular weight is 495 g/mol. The van der Waals surface area contributed by atoms with Gasteiger partial charge in [-0.1, -0.05) is 46.3 Å². The second-order valence-corrected chi connectivity index (χ2v) is 9.10. The molecule has 156 valence electrons. The van der Waals surface area contributed by atoms with Crippen LogP contribution >= 0.6 is 27.7 Å². The number of hydrogen-bond acceptors (Lipinski definition) is 4. The maximum atomic E-state index is 12.9. The van der Waals surface area contributed by atoms with Gasteiger partial charge in [-0.3, -0.25) is 19.3 Å². The SMILES string of the molecule is Cc1cc(/C=C2/SC(=O)N(CC(=O)c3ccc(Br)cc3)C2=O)c(C)n1-c1ccccc1. The van der Waals surface area contributed by atoms with E-state index in [2.05, 4.69) is 20.5 Å². The maximum Gasteiger partial charge on any atom is 0.293 e. The van der Waals surface area contributed by atoms with Gasteiger partial charge in [-0.2, -0.15) is 0 Å². The lowest BCUT2D eigenvalue weighted by Gasteiger charge is -2.11. The van der Waals surface area contributed by atoms with Crippen LogP contribution in [0.3, 0.4) is 0 Å². The molecule has 1 aromatic heterocycles. The van der Waals surface area contributed by atoms with Gasteiger partial charge in [0.05, 0.1) is 11.4 Å². The summed E-state index contributed by atoms with van der Waals surface area (Å²) in [5.74, 6) is -0.719. The van der Waals surface area contributed by atoms with Crippen LogP contribution in [0, 0.1) is 13.8 Å². The monoisotopic (exact) mass is 494 g/mol. The Morgan fingerprint density at radius 1 is 1.03 bits per heavy atom. The van der Waals surface area contributed by atoms with Crippen molar-refractivity contribution in [2.75, 3.05) is 6.54 Å². The van der Waals surface area contributed by atoms with Crippen molar-refractivity contribution in [3.8, 4) is 5.69 Å². The number of thioether (sulfide) groups is 1. The number of nitrogens with zero attached hydrogens (tertiary/aromatic N) is 2. The van der Waals surface area contributed by atoms with Crippen LogP contribution in [0.5, 0.6) is 0 Å². The molecule has 7 heteroatoms. The predicted molar refractivity (Wildman–Crippen MR) is 126 cm³/mol. The number of halogens is 1. The third-order valence-corrected chi connectivity index (χ3v) is 6.55. The van der Waals surface area contributed by atoms with E-state index in [-0.39, 0.29) is 12.3 Å². The lowest BCUT2D eigenvalue weighted by molar-refractivity contribution is -0.122. The Morgan fingerprint density at radius 3 is 2.39 bits per heavy atom. The minimum Gasteiger partial charge on any atom is -0.318 e. The Bertz CT molecular complexity index is 1210. The summed E-state index contributed by atoms with van der Waals surface area (Å²) in [6.07, 6.45) is 1.73. The van der Waals surface area contributed by atoms with Gasteiger partial charge in [0.2, 0.25) is 0 Å². The topological polar surface area (TPSA) is 59.4 Å². The zero-order valence-electron chi connectivity index (χ0n) is 17.0. The number of carbonyl (C=O) groups is 3. The molecule has 2 amide bonds. The Kier molecular flexibility index (Phi) is 5.98. The molecule has 2 heterocycles. The highest BCUT2D eigenvalue weighted by molar-refractivity contribution is 9.10. The summed E-state index contributed by atoms with van der Waals surface area (Å²) in [5, 5.41) is -0.432. The van der Waals surface area contributed by atoms with Gasteiger partial charge in [0, 0.05) is 27.1 Å². The van der Waals surface area contributed by atoms with Gasteiger partial charge in [0.1, 0.15) is 0 Å². The lowest BCUT2D eigenvalue weighted by atomic mass is 10.1. The highest BCUT2D eigenvalue weighted by Gasteiger charge is 2.36. The van der Waals surface area contributed by atoms with Crippen LogP contribution in [-0.4, -0.2) is 32.9 Å². The molecule has 0 unspecified atom stereocenters. The first kappa shape index (κ1) is 21.3. The fourth-order valence-electron chi connectivity index (χ4n) is 3.56. The number of hydrogen-bond donors (Lipinski definition) is 0. The van der Waals surface area contributed by atoms with E-state index in [1.54, 1.807) is 30.3 Å². The molecule has 0 N–H and O–H groups in total. The van der Waals surface area contributed by atoms with Gasteiger partial charge in [0.15, 0.2) is 5.78 Å². The van der Waals surface area contributed by atoms with Crippen molar-refractivity contribution in [3.05, 3.63) is 92.6 Å². The summed E-state index contributed by atoms with van der Waals surface area (Å²) in [4.78, 5) is 39.2. The molecule has 0 saturated carbocycles. The highest BCUT2D eigenvalue weighted by Crippen LogP contribution is 2.34. The fraction of sp³-hybridized carbons (Fsp3) is 0.125. The normalized spacial score (nSPS) is 15.2. The molecule has 1 aliphatic rings. The van der Waals surface area contributed by atoms with Gasteiger partial charge in [0.25, 0.3) is 11.1 Å². The van der Waals surface area contributed by atoms with Gasteiger partial charge in [-0.05, 0) is 67.6 Å². The third-order valence-electron chi connectivity index (χ3n) is 5.11. The largest absolute Gasteiger partial charge is 0.318 e. The minimum absolute atomic E-state index is 0.271. The number of benzene rings is 2. The van der Waals surface area contributed by atoms with Crippen molar-refractivity contribution < 1.29 is 14.4 Å². The molecule has 0 aliphatic carbocycles. The van der Waals surface area contributed by atoms with Gasteiger partial charge < -0.3 is 4.57 Å². The molecule has 1 saturated heterocycles. The summed E-state index contributed by atoms with van der Waals surface area (Å²) in [6.45, 7) is 3.71. The minimum atomic E-state index is -0.440. The predicted octanol–water partition coefficient (Wildman–Crippen LogP) is 5.78. The first-order valence-electron chi connectivity index (χ1n) is 9.63. The zero-order valence-corrected chi connectivity index (χ0v) is 19.4. The second kappa shape index (κ2) is 8.69. The number of aryl methyl sites for hydroxylation is 1. The van der Waals surface area contributed by atoms with E-state index >= 15 is 0 Å². The van der Waals surface area contributed by atoms with Gasteiger partial charge in [-0.25, -0.2) is 0 Å². The van der Waals surface area contributed by atoms with E-state index in [0.717, 1.165) is 43.8 Å². The Morgan fingerprint density at radius 2 is 1.71 bits per heavy atom. The molecule has 3 aromatic rings. The molecule has 2 aromatic carbocycles. The number of carbonyl (C=O) groups excluding carboxylic acids is 3. The van der Waals surface area contributed by atoms with Crippen molar-refractivity contribution in [3.63, 3.8) is 0 Å². The van der Waals surface area contributed by atoms with E-state index < -0.39 is 11.1 Å². The molecule has 0 spiro atoms. The van der Waals surface area contributed by atoms with Gasteiger partial charge in [-0.15, -0.1) is 0 Å². The molecule has 1 aliphatic heterocycles. The van der Waals surface area contributed by atoms with E-state index in [1.807, 2.05) is 50.2 Å². The number of ketones is 1. The van der Waals surface area contributed by atoms with Crippen LogP contribution in [0.1, 0.15) is 27.3 Å². The maximum absolute atomic E-state index is 12.9. The summed E-state index contributed by atoms with van der Waals surface area (Å²) >= 11 is 4.19. The second-order valence-electron chi connectivity index (χ2n) is 7.20. The van der Waals surface area contributed by atoms with Crippen molar-refractivity contribution in [2.24, 2.45) is 0 Å². The lowest BCUT2D eigenvalue weighted by Crippen LogP contribution is -2.33. The molecule has 5 nitrogen and oxygen atoms in total. The third kappa shape index (κ3) is 4.29. The molecule has 4 rings (SSSR count). The number of amides is 2. The van der Waals surface area contributed by atoms with E-state index in [4.69, 9.17) is 0 Å². The molecule has 31 heavy (non-hydrogen) atoms. The number of aromatic nitrogens is 1. The Hall–Kier alpha value is -2.90. The van der Waals surface area contributed by atoms with E-state index in [9.17, 15) is 14.4 Å². The van der Waals surface area contributed by atoms with Crippen LogP contribution in [-0.2, 0) is 4.79 Å². The van der Waals surface area contributed by atoms with Crippen LogP contribution in [0.4, 0.5) is 4.79 Å². The molecular formula is C24H19BrN2O3S. The standard InChI is InChI=1S/C24H19BrN2O3S/c1-15-12-18(16(2)27(15)20-6-4-3-5-7-20)13-22-23(29)26(24(30)31-22)14-21(28)17-8-10-19(25)11-9-17/h3-13H,14H2,1-2H3/b22-13+.